The zero-order valence-corrected chi connectivity index (χ0v) is 12.0. The van der Waals surface area contributed by atoms with E-state index in [1.54, 1.807) is 12.1 Å². The van der Waals surface area contributed by atoms with E-state index < -0.39 is 0 Å². The predicted molar refractivity (Wildman–Crippen MR) is 76.4 cm³/mol. The molecule has 0 radical (unpaired) electrons. The van der Waals surface area contributed by atoms with Crippen LogP contribution < -0.4 is 5.73 Å². The Balaban J connectivity index is 1.94. The van der Waals surface area contributed by atoms with Crippen LogP contribution in [0.5, 0.6) is 0 Å². The molecule has 5 heteroatoms. The van der Waals surface area contributed by atoms with Gasteiger partial charge in [0, 0.05) is 25.7 Å². The second-order valence-electron chi connectivity index (χ2n) is 5.19. The molecule has 0 aromatic heterocycles. The zero-order chi connectivity index (χ0) is 14.5. The number of ether oxygens (including phenoxy) is 2. The first-order chi connectivity index (χ1) is 9.60. The van der Waals surface area contributed by atoms with Crippen LogP contribution in [0.15, 0.2) is 24.3 Å². The molecule has 0 amide bonds. The fourth-order valence-corrected chi connectivity index (χ4v) is 2.32. The summed E-state index contributed by atoms with van der Waals surface area (Å²) in [5, 5.41) is 0. The van der Waals surface area contributed by atoms with Crippen molar-refractivity contribution < 1.29 is 14.3 Å². The van der Waals surface area contributed by atoms with Crippen LogP contribution in [0.4, 0.5) is 0 Å². The highest BCUT2D eigenvalue weighted by molar-refractivity contribution is 5.89. The van der Waals surface area contributed by atoms with Gasteiger partial charge >= 0.3 is 5.97 Å². The maximum atomic E-state index is 11.4. The molecule has 5 nitrogen and oxygen atoms in total. The van der Waals surface area contributed by atoms with Crippen LogP contribution in [-0.4, -0.2) is 49.8 Å². The second kappa shape index (κ2) is 6.83. The number of esters is 1. The van der Waals surface area contributed by atoms with Gasteiger partial charge in [0.25, 0.3) is 0 Å². The Hall–Kier alpha value is -1.43. The van der Waals surface area contributed by atoms with E-state index in [0.717, 1.165) is 19.6 Å². The molecule has 0 bridgehead atoms. The van der Waals surface area contributed by atoms with Crippen molar-refractivity contribution >= 4 is 5.97 Å². The number of hydrogen-bond acceptors (Lipinski definition) is 5. The summed E-state index contributed by atoms with van der Waals surface area (Å²) >= 11 is 0. The van der Waals surface area contributed by atoms with E-state index in [1.165, 1.54) is 12.7 Å². The van der Waals surface area contributed by atoms with Gasteiger partial charge in [-0.05, 0) is 24.6 Å². The number of hydrogen-bond donors (Lipinski definition) is 1. The molecule has 0 aliphatic carbocycles. The maximum Gasteiger partial charge on any atom is 0.337 e. The summed E-state index contributed by atoms with van der Waals surface area (Å²) in [5.74, 6) is -0.306. The molecule has 2 rings (SSSR count). The lowest BCUT2D eigenvalue weighted by molar-refractivity contribution is -0.0403. The molecule has 1 aromatic carbocycles. The lowest BCUT2D eigenvalue weighted by Crippen LogP contribution is -2.49. The van der Waals surface area contributed by atoms with Crippen molar-refractivity contribution in [3.05, 3.63) is 35.4 Å². The molecule has 0 spiro atoms. The Kier molecular flexibility index (Phi) is 5.11. The number of nitrogens with zero attached hydrogens (tertiary/aromatic N) is 1. The van der Waals surface area contributed by atoms with Gasteiger partial charge in [0.05, 0.1) is 25.4 Å². The van der Waals surface area contributed by atoms with Crippen LogP contribution in [0.1, 0.15) is 22.8 Å². The summed E-state index contributed by atoms with van der Waals surface area (Å²) in [6, 6.07) is 7.56. The number of carbonyl (C=O) groups is 1. The standard InChI is InChI=1S/C15H22N2O3/c1-11(16)14-10-17(7-8-20-14)9-12-3-5-13(6-4-12)15(18)19-2/h3-6,11,14H,7-10,16H2,1-2H3. The molecule has 1 heterocycles. The van der Waals surface area contributed by atoms with Gasteiger partial charge in [-0.3, -0.25) is 4.90 Å². The van der Waals surface area contributed by atoms with Crippen molar-refractivity contribution in [2.45, 2.75) is 25.6 Å². The summed E-state index contributed by atoms with van der Waals surface area (Å²) in [4.78, 5) is 13.7. The first-order valence-corrected chi connectivity index (χ1v) is 6.87. The Morgan fingerprint density at radius 1 is 1.50 bits per heavy atom. The Bertz CT molecular complexity index is 445. The minimum absolute atomic E-state index is 0.0412. The van der Waals surface area contributed by atoms with Gasteiger partial charge in [-0.1, -0.05) is 12.1 Å². The first kappa shape index (κ1) is 15.0. The molecule has 2 N–H and O–H groups in total. The van der Waals surface area contributed by atoms with Crippen molar-refractivity contribution in [1.29, 1.82) is 0 Å². The zero-order valence-electron chi connectivity index (χ0n) is 12.0. The third-order valence-electron chi connectivity index (χ3n) is 3.55. The van der Waals surface area contributed by atoms with Crippen LogP contribution in [-0.2, 0) is 16.0 Å². The minimum atomic E-state index is -0.306. The molecule has 110 valence electrons. The summed E-state index contributed by atoms with van der Waals surface area (Å²) in [6.07, 6.45) is 0.0955. The van der Waals surface area contributed by atoms with Gasteiger partial charge < -0.3 is 15.2 Å². The quantitative estimate of drug-likeness (QED) is 0.833. The van der Waals surface area contributed by atoms with Crippen LogP contribution in [0.25, 0.3) is 0 Å². The van der Waals surface area contributed by atoms with Crippen molar-refractivity contribution in [3.8, 4) is 0 Å². The third-order valence-corrected chi connectivity index (χ3v) is 3.55. The third kappa shape index (κ3) is 3.79. The predicted octanol–water partition coefficient (Wildman–Crippen LogP) is 1.02. The molecule has 2 atom stereocenters. The first-order valence-electron chi connectivity index (χ1n) is 6.87. The highest BCUT2D eigenvalue weighted by atomic mass is 16.5. The fourth-order valence-electron chi connectivity index (χ4n) is 2.32. The molecule has 2 unspecified atom stereocenters. The normalized spacial score (nSPS) is 21.4. The molecule has 1 aliphatic rings. The largest absolute Gasteiger partial charge is 0.465 e. The Morgan fingerprint density at radius 2 is 2.20 bits per heavy atom. The van der Waals surface area contributed by atoms with Gasteiger partial charge in [-0.25, -0.2) is 4.79 Å². The van der Waals surface area contributed by atoms with E-state index in [9.17, 15) is 4.79 Å². The second-order valence-corrected chi connectivity index (χ2v) is 5.19. The molecule has 1 aliphatic heterocycles. The van der Waals surface area contributed by atoms with Gasteiger partial charge in [0.1, 0.15) is 0 Å². The van der Waals surface area contributed by atoms with Crippen LogP contribution in [0.2, 0.25) is 0 Å². The lowest BCUT2D eigenvalue weighted by atomic mass is 10.1. The van der Waals surface area contributed by atoms with Gasteiger partial charge in [0.15, 0.2) is 0 Å². The monoisotopic (exact) mass is 278 g/mol. The number of carbonyl (C=O) groups excluding carboxylic acids is 1. The summed E-state index contributed by atoms with van der Waals surface area (Å²) in [5.41, 5.74) is 7.63. The number of morpholine rings is 1. The summed E-state index contributed by atoms with van der Waals surface area (Å²) < 4.78 is 10.3. The van der Waals surface area contributed by atoms with Gasteiger partial charge in [0.2, 0.25) is 0 Å². The summed E-state index contributed by atoms with van der Waals surface area (Å²) in [7, 11) is 1.39. The number of methoxy groups -OCH3 is 1. The highest BCUT2D eigenvalue weighted by Gasteiger charge is 2.23. The van der Waals surface area contributed by atoms with E-state index in [-0.39, 0.29) is 18.1 Å². The molecule has 1 aromatic rings. The SMILES string of the molecule is COC(=O)c1ccc(CN2CCOC(C(C)N)C2)cc1. The molecule has 1 fully saturated rings. The average Bonchev–Trinajstić information content (AvgIpc) is 2.47. The van der Waals surface area contributed by atoms with E-state index in [1.807, 2.05) is 19.1 Å². The van der Waals surface area contributed by atoms with E-state index in [4.69, 9.17) is 10.5 Å². The van der Waals surface area contributed by atoms with Crippen molar-refractivity contribution in [1.82, 2.24) is 4.90 Å². The van der Waals surface area contributed by atoms with Crippen LogP contribution in [0.3, 0.4) is 0 Å². The molecule has 20 heavy (non-hydrogen) atoms. The Labute approximate surface area is 119 Å². The minimum Gasteiger partial charge on any atom is -0.465 e. The number of benzene rings is 1. The van der Waals surface area contributed by atoms with Crippen LogP contribution in [0, 0.1) is 0 Å². The number of nitrogens with two attached hydrogens (primary N) is 1. The molecular formula is C15H22N2O3. The average molecular weight is 278 g/mol. The summed E-state index contributed by atoms with van der Waals surface area (Å²) in [6.45, 7) is 5.28. The Morgan fingerprint density at radius 3 is 2.80 bits per heavy atom. The molecule has 0 saturated carbocycles. The van der Waals surface area contributed by atoms with Crippen molar-refractivity contribution in [2.75, 3.05) is 26.8 Å². The van der Waals surface area contributed by atoms with E-state index >= 15 is 0 Å². The van der Waals surface area contributed by atoms with Crippen LogP contribution >= 0.6 is 0 Å². The molecular weight excluding hydrogens is 256 g/mol. The maximum absolute atomic E-state index is 11.4. The van der Waals surface area contributed by atoms with Gasteiger partial charge in [-0.2, -0.15) is 0 Å². The van der Waals surface area contributed by atoms with E-state index in [0.29, 0.717) is 12.2 Å². The smallest absolute Gasteiger partial charge is 0.337 e. The molecule has 1 saturated heterocycles. The van der Waals surface area contributed by atoms with E-state index in [2.05, 4.69) is 9.64 Å². The lowest BCUT2D eigenvalue weighted by Gasteiger charge is -2.34. The highest BCUT2D eigenvalue weighted by Crippen LogP contribution is 2.13. The van der Waals surface area contributed by atoms with Gasteiger partial charge in [-0.15, -0.1) is 0 Å². The van der Waals surface area contributed by atoms with Crippen molar-refractivity contribution in [3.63, 3.8) is 0 Å². The topological polar surface area (TPSA) is 64.8 Å². The fraction of sp³-hybridized carbons (Fsp3) is 0.533. The van der Waals surface area contributed by atoms with Crippen molar-refractivity contribution in [2.24, 2.45) is 5.73 Å². The number of rotatable bonds is 4.